The number of amides is 1. The van der Waals surface area contributed by atoms with Gasteiger partial charge in [0.1, 0.15) is 0 Å². The topological polar surface area (TPSA) is 69.6 Å². The molecule has 0 aromatic carbocycles. The van der Waals surface area contributed by atoms with Crippen LogP contribution in [0.2, 0.25) is 0 Å². The molecule has 5 nitrogen and oxygen atoms in total. The fraction of sp³-hybridized carbons (Fsp3) is 0.875. The van der Waals surface area contributed by atoms with Crippen molar-refractivity contribution in [1.82, 2.24) is 10.2 Å². The van der Waals surface area contributed by atoms with Crippen LogP contribution in [0.1, 0.15) is 57.8 Å². The van der Waals surface area contributed by atoms with Crippen LogP contribution in [0.15, 0.2) is 0 Å². The Morgan fingerprint density at radius 3 is 2.57 bits per heavy atom. The zero-order valence-electron chi connectivity index (χ0n) is 12.9. The maximum Gasteiger partial charge on any atom is 0.303 e. The van der Waals surface area contributed by atoms with Crippen molar-refractivity contribution in [3.63, 3.8) is 0 Å². The summed E-state index contributed by atoms with van der Waals surface area (Å²) in [6.45, 7) is 3.03. The predicted molar refractivity (Wildman–Crippen MR) is 81.0 cm³/mol. The summed E-state index contributed by atoms with van der Waals surface area (Å²) < 4.78 is 0. The minimum atomic E-state index is -0.832. The standard InChI is InChI=1S/C16H28N2O3/c19-15(7-4-8-16(20)21)17-11-13-9-10-18(12-13)14-5-2-1-3-6-14/h13-14H,1-12H2,(H,17,19)(H,20,21). The molecular weight excluding hydrogens is 268 g/mol. The first kappa shape index (κ1) is 16.3. The smallest absolute Gasteiger partial charge is 0.303 e. The second-order valence-electron chi connectivity index (χ2n) is 6.49. The molecule has 2 rings (SSSR count). The van der Waals surface area contributed by atoms with Crippen LogP contribution in [0.3, 0.4) is 0 Å². The average molecular weight is 296 g/mol. The Bertz CT molecular complexity index is 353. The molecule has 0 aromatic rings. The quantitative estimate of drug-likeness (QED) is 0.754. The number of rotatable bonds is 7. The molecule has 21 heavy (non-hydrogen) atoms. The van der Waals surface area contributed by atoms with E-state index < -0.39 is 5.97 Å². The largest absolute Gasteiger partial charge is 0.481 e. The number of likely N-dealkylation sites (tertiary alicyclic amines) is 1. The summed E-state index contributed by atoms with van der Waals surface area (Å²) in [6, 6.07) is 0.773. The van der Waals surface area contributed by atoms with E-state index in [2.05, 4.69) is 10.2 Å². The number of hydrogen-bond donors (Lipinski definition) is 2. The highest BCUT2D eigenvalue weighted by molar-refractivity contribution is 5.76. The third-order valence-corrected chi connectivity index (χ3v) is 4.79. The summed E-state index contributed by atoms with van der Waals surface area (Å²) >= 11 is 0. The molecule has 5 heteroatoms. The van der Waals surface area contributed by atoms with Gasteiger partial charge in [-0.3, -0.25) is 9.59 Å². The zero-order chi connectivity index (χ0) is 15.1. The summed E-state index contributed by atoms with van der Waals surface area (Å²) in [4.78, 5) is 24.7. The molecule has 1 amide bonds. The van der Waals surface area contributed by atoms with Crippen molar-refractivity contribution in [3.05, 3.63) is 0 Å². The van der Waals surface area contributed by atoms with Gasteiger partial charge in [-0.2, -0.15) is 0 Å². The molecule has 1 aliphatic heterocycles. The lowest BCUT2D eigenvalue weighted by atomic mass is 9.94. The van der Waals surface area contributed by atoms with E-state index in [1.54, 1.807) is 0 Å². The lowest BCUT2D eigenvalue weighted by Crippen LogP contribution is -2.36. The summed E-state index contributed by atoms with van der Waals surface area (Å²) in [5, 5.41) is 11.5. The molecule has 120 valence electrons. The van der Waals surface area contributed by atoms with E-state index in [0.717, 1.165) is 19.1 Å². The molecule has 1 atom stereocenters. The van der Waals surface area contributed by atoms with E-state index >= 15 is 0 Å². The number of aliphatic carboxylic acids is 1. The molecule has 2 fully saturated rings. The van der Waals surface area contributed by atoms with Crippen molar-refractivity contribution < 1.29 is 14.7 Å². The van der Waals surface area contributed by atoms with E-state index in [1.165, 1.54) is 45.1 Å². The minimum Gasteiger partial charge on any atom is -0.481 e. The normalized spacial score (nSPS) is 24.1. The highest BCUT2D eigenvalue weighted by Crippen LogP contribution is 2.27. The lowest BCUT2D eigenvalue weighted by molar-refractivity contribution is -0.137. The zero-order valence-corrected chi connectivity index (χ0v) is 12.9. The van der Waals surface area contributed by atoms with Crippen LogP contribution in [0, 0.1) is 5.92 Å². The monoisotopic (exact) mass is 296 g/mol. The Morgan fingerprint density at radius 2 is 1.86 bits per heavy atom. The third-order valence-electron chi connectivity index (χ3n) is 4.79. The number of carbonyl (C=O) groups is 2. The summed E-state index contributed by atoms with van der Waals surface area (Å²) in [7, 11) is 0. The maximum atomic E-state index is 11.6. The Labute approximate surface area is 127 Å². The summed E-state index contributed by atoms with van der Waals surface area (Å²) in [5.41, 5.74) is 0. The van der Waals surface area contributed by atoms with Gasteiger partial charge in [0.2, 0.25) is 5.91 Å². The Balaban J connectivity index is 1.59. The van der Waals surface area contributed by atoms with E-state index in [1.807, 2.05) is 0 Å². The van der Waals surface area contributed by atoms with Crippen LogP contribution in [-0.4, -0.2) is 47.6 Å². The van der Waals surface area contributed by atoms with Gasteiger partial charge in [-0.25, -0.2) is 0 Å². The van der Waals surface area contributed by atoms with Gasteiger partial charge in [0.15, 0.2) is 0 Å². The van der Waals surface area contributed by atoms with Gasteiger partial charge in [-0.1, -0.05) is 19.3 Å². The van der Waals surface area contributed by atoms with Gasteiger partial charge in [0.25, 0.3) is 0 Å². The fourth-order valence-electron chi connectivity index (χ4n) is 3.55. The van der Waals surface area contributed by atoms with E-state index in [-0.39, 0.29) is 12.3 Å². The van der Waals surface area contributed by atoms with Crippen molar-refractivity contribution in [2.45, 2.75) is 63.8 Å². The summed E-state index contributed by atoms with van der Waals surface area (Å²) in [6.07, 6.45) is 8.81. The van der Waals surface area contributed by atoms with Gasteiger partial charge in [-0.05, 0) is 38.1 Å². The molecule has 1 aliphatic carbocycles. The lowest BCUT2D eigenvalue weighted by Gasteiger charge is -2.31. The van der Waals surface area contributed by atoms with E-state index in [9.17, 15) is 9.59 Å². The molecule has 0 radical (unpaired) electrons. The molecule has 2 N–H and O–H groups in total. The molecule has 1 heterocycles. The number of hydrogen-bond acceptors (Lipinski definition) is 3. The summed E-state index contributed by atoms with van der Waals surface area (Å²) in [5.74, 6) is -0.274. The van der Waals surface area contributed by atoms with E-state index in [4.69, 9.17) is 5.11 Å². The second-order valence-corrected chi connectivity index (χ2v) is 6.49. The number of carbonyl (C=O) groups excluding carboxylic acids is 1. The molecule has 1 saturated heterocycles. The van der Waals surface area contributed by atoms with Gasteiger partial charge in [-0.15, -0.1) is 0 Å². The van der Waals surface area contributed by atoms with Crippen LogP contribution < -0.4 is 5.32 Å². The number of carboxylic acids is 1. The van der Waals surface area contributed by atoms with E-state index in [0.29, 0.717) is 18.8 Å². The maximum absolute atomic E-state index is 11.6. The van der Waals surface area contributed by atoms with Crippen molar-refractivity contribution >= 4 is 11.9 Å². The second kappa shape index (κ2) is 8.37. The van der Waals surface area contributed by atoms with Gasteiger partial charge in [0.05, 0.1) is 0 Å². The molecule has 2 aliphatic rings. The highest BCUT2D eigenvalue weighted by atomic mass is 16.4. The van der Waals surface area contributed by atoms with Gasteiger partial charge < -0.3 is 15.3 Å². The number of carboxylic acid groups (broad SMARTS) is 1. The van der Waals surface area contributed by atoms with Crippen molar-refractivity contribution in [2.75, 3.05) is 19.6 Å². The number of nitrogens with zero attached hydrogens (tertiary/aromatic N) is 1. The van der Waals surface area contributed by atoms with Crippen LogP contribution in [0.4, 0.5) is 0 Å². The third kappa shape index (κ3) is 5.65. The minimum absolute atomic E-state index is 0.00707. The Hall–Kier alpha value is -1.10. The molecule has 1 unspecified atom stereocenters. The van der Waals surface area contributed by atoms with Crippen molar-refractivity contribution in [1.29, 1.82) is 0 Å². The average Bonchev–Trinajstić information content (AvgIpc) is 2.94. The Morgan fingerprint density at radius 1 is 1.10 bits per heavy atom. The van der Waals surface area contributed by atoms with Crippen LogP contribution >= 0.6 is 0 Å². The molecular formula is C16H28N2O3. The van der Waals surface area contributed by atoms with Crippen LogP contribution in [0.5, 0.6) is 0 Å². The molecule has 0 bridgehead atoms. The molecule has 0 spiro atoms. The van der Waals surface area contributed by atoms with Crippen LogP contribution in [0.25, 0.3) is 0 Å². The van der Waals surface area contributed by atoms with Crippen LogP contribution in [-0.2, 0) is 9.59 Å². The SMILES string of the molecule is O=C(O)CCCC(=O)NCC1CCN(C2CCCCC2)C1. The first-order chi connectivity index (χ1) is 10.1. The molecule has 0 aromatic heterocycles. The van der Waals surface area contributed by atoms with Gasteiger partial charge >= 0.3 is 5.97 Å². The van der Waals surface area contributed by atoms with Crippen molar-refractivity contribution in [3.8, 4) is 0 Å². The van der Waals surface area contributed by atoms with Crippen molar-refractivity contribution in [2.24, 2.45) is 5.92 Å². The predicted octanol–water partition coefficient (Wildman–Crippen LogP) is 2.01. The number of nitrogens with one attached hydrogen (secondary N) is 1. The first-order valence-electron chi connectivity index (χ1n) is 8.37. The fourth-order valence-corrected chi connectivity index (χ4v) is 3.55. The highest BCUT2D eigenvalue weighted by Gasteiger charge is 2.28. The molecule has 1 saturated carbocycles. The Kier molecular flexibility index (Phi) is 6.49. The van der Waals surface area contributed by atoms with Gasteiger partial charge in [0, 0.05) is 32.0 Å². The first-order valence-corrected chi connectivity index (χ1v) is 8.37.